The highest BCUT2D eigenvalue weighted by molar-refractivity contribution is 6.32. The van der Waals surface area contributed by atoms with Gasteiger partial charge in [-0.3, -0.25) is 4.79 Å². The number of halogens is 3. The number of carbonyl (C=O) groups is 1. The van der Waals surface area contributed by atoms with Gasteiger partial charge in [0.25, 0.3) is 5.89 Å². The quantitative estimate of drug-likeness (QED) is 0.119. The number of benzene rings is 3. The number of hydrogen-bond acceptors (Lipinski definition) is 8. The number of nitrogens with one attached hydrogen (secondary N) is 1. The molecule has 45 heavy (non-hydrogen) atoms. The van der Waals surface area contributed by atoms with Gasteiger partial charge in [-0.05, 0) is 67.5 Å². The minimum Gasteiger partial charge on any atom is -0.493 e. The molecule has 0 aliphatic carbocycles. The molecule has 12 heteroatoms. The summed E-state index contributed by atoms with van der Waals surface area (Å²) in [6.07, 6.45) is 3.02. The van der Waals surface area contributed by atoms with Crippen LogP contribution in [0.25, 0.3) is 17.7 Å². The number of nitriles is 1. The van der Waals surface area contributed by atoms with Crippen molar-refractivity contribution >= 4 is 35.1 Å². The van der Waals surface area contributed by atoms with E-state index in [1.54, 1.807) is 25.3 Å². The highest BCUT2D eigenvalue weighted by Crippen LogP contribution is 2.36. The molecule has 0 amide bonds. The van der Waals surface area contributed by atoms with E-state index in [0.29, 0.717) is 34.0 Å². The standard InChI is InChI=1S/C33H25Cl2FN4O5/c1-17-18(2)30(38-29(17)25(41)11-9-20-6-5-7-26(42-3)31(20)43-4)33-40-39-27(45-33)14-21-8-10-24(35)32(28(21)36)44-23-13-19(16-37)12-22(34)15-23/h5-13,15,38H,14H2,1-4H3. The second kappa shape index (κ2) is 13.3. The van der Waals surface area contributed by atoms with Crippen LogP contribution in [0.15, 0.2) is 59.0 Å². The molecule has 1 N–H and O–H groups in total. The second-order valence-electron chi connectivity index (χ2n) is 9.82. The molecule has 0 aliphatic heterocycles. The summed E-state index contributed by atoms with van der Waals surface area (Å²) in [4.78, 5) is 16.3. The highest BCUT2D eigenvalue weighted by atomic mass is 35.5. The Balaban J connectivity index is 1.37. The van der Waals surface area contributed by atoms with Crippen LogP contribution >= 0.6 is 23.2 Å². The first-order valence-corrected chi connectivity index (χ1v) is 14.2. The van der Waals surface area contributed by atoms with E-state index >= 15 is 4.39 Å². The van der Waals surface area contributed by atoms with Crippen molar-refractivity contribution in [2.75, 3.05) is 14.2 Å². The summed E-state index contributed by atoms with van der Waals surface area (Å²) in [7, 11) is 3.07. The maximum atomic E-state index is 15.5. The molecular formula is C33H25Cl2FN4O5. The molecule has 3 aromatic carbocycles. The van der Waals surface area contributed by atoms with Crippen molar-refractivity contribution < 1.29 is 27.8 Å². The smallest absolute Gasteiger partial charge is 0.264 e. The summed E-state index contributed by atoms with van der Waals surface area (Å²) < 4.78 is 37.9. The molecule has 0 radical (unpaired) electrons. The molecule has 5 rings (SSSR count). The molecule has 0 fully saturated rings. The fourth-order valence-electron chi connectivity index (χ4n) is 4.64. The maximum absolute atomic E-state index is 15.5. The minimum atomic E-state index is -0.736. The van der Waals surface area contributed by atoms with Gasteiger partial charge in [-0.25, -0.2) is 4.39 Å². The van der Waals surface area contributed by atoms with Crippen LogP contribution in [-0.4, -0.2) is 35.2 Å². The number of methoxy groups -OCH3 is 2. The average Bonchev–Trinajstić information content (AvgIpc) is 3.62. The predicted molar refractivity (Wildman–Crippen MR) is 167 cm³/mol. The molecular weight excluding hydrogens is 622 g/mol. The third-order valence-electron chi connectivity index (χ3n) is 7.03. The molecule has 2 aromatic heterocycles. The number of nitrogens with zero attached hydrogens (tertiary/aromatic N) is 3. The molecule has 9 nitrogen and oxygen atoms in total. The van der Waals surface area contributed by atoms with Gasteiger partial charge in [0.1, 0.15) is 11.4 Å². The van der Waals surface area contributed by atoms with E-state index < -0.39 is 5.82 Å². The number of rotatable bonds is 10. The monoisotopic (exact) mass is 646 g/mol. The van der Waals surface area contributed by atoms with Crippen molar-refractivity contribution in [3.8, 4) is 40.7 Å². The van der Waals surface area contributed by atoms with Crippen LogP contribution in [0.5, 0.6) is 23.0 Å². The lowest BCUT2D eigenvalue weighted by Gasteiger charge is -2.11. The lowest BCUT2D eigenvalue weighted by Crippen LogP contribution is -1.98. The predicted octanol–water partition coefficient (Wildman–Crippen LogP) is 8.30. The number of ketones is 1. The minimum absolute atomic E-state index is 0.0227. The van der Waals surface area contributed by atoms with E-state index in [1.165, 1.54) is 43.5 Å². The van der Waals surface area contributed by atoms with Crippen molar-refractivity contribution in [3.05, 3.63) is 110 Å². The molecule has 0 bridgehead atoms. The van der Waals surface area contributed by atoms with E-state index in [1.807, 2.05) is 26.0 Å². The van der Waals surface area contributed by atoms with Crippen LogP contribution in [0.3, 0.4) is 0 Å². The Morgan fingerprint density at radius 2 is 1.87 bits per heavy atom. The number of ether oxygens (including phenoxy) is 3. The molecule has 2 heterocycles. The molecule has 5 aromatic rings. The van der Waals surface area contributed by atoms with Crippen molar-refractivity contribution in [2.24, 2.45) is 0 Å². The van der Waals surface area contributed by atoms with Crippen LogP contribution in [-0.2, 0) is 6.42 Å². The highest BCUT2D eigenvalue weighted by Gasteiger charge is 2.22. The number of carbonyl (C=O) groups excluding carboxylic acids is 1. The van der Waals surface area contributed by atoms with Crippen molar-refractivity contribution in [3.63, 3.8) is 0 Å². The van der Waals surface area contributed by atoms with Gasteiger partial charge < -0.3 is 23.6 Å². The normalized spacial score (nSPS) is 11.1. The van der Waals surface area contributed by atoms with Gasteiger partial charge >= 0.3 is 0 Å². The number of aromatic nitrogens is 3. The molecule has 0 aliphatic rings. The van der Waals surface area contributed by atoms with Gasteiger partial charge in [0.05, 0.1) is 43.0 Å². The maximum Gasteiger partial charge on any atom is 0.264 e. The molecule has 0 spiro atoms. The zero-order chi connectivity index (χ0) is 32.2. The number of allylic oxidation sites excluding steroid dienone is 1. The number of H-pyrrole nitrogens is 1. The molecule has 0 atom stereocenters. The Morgan fingerprint density at radius 1 is 1.07 bits per heavy atom. The van der Waals surface area contributed by atoms with Gasteiger partial charge in [-0.15, -0.1) is 10.2 Å². The zero-order valence-corrected chi connectivity index (χ0v) is 26.0. The largest absolute Gasteiger partial charge is 0.493 e. The average molecular weight is 647 g/mol. The second-order valence-corrected chi connectivity index (χ2v) is 10.7. The number of aromatic amines is 1. The van der Waals surface area contributed by atoms with Crippen LogP contribution in [0, 0.1) is 31.0 Å². The van der Waals surface area contributed by atoms with Crippen LogP contribution in [0.2, 0.25) is 10.0 Å². The lowest BCUT2D eigenvalue weighted by molar-refractivity contribution is 0.104. The van der Waals surface area contributed by atoms with E-state index in [0.717, 1.165) is 5.56 Å². The molecule has 0 unspecified atom stereocenters. The SMILES string of the molecule is COc1cccc(C=CC(=O)c2[nH]c(-c3nnc(Cc4ccc(Cl)c(Oc5cc(Cl)cc(C#N)c5)c4F)o3)c(C)c2C)c1OC. The first kappa shape index (κ1) is 31.3. The van der Waals surface area contributed by atoms with Gasteiger partial charge in [0, 0.05) is 16.1 Å². The summed E-state index contributed by atoms with van der Waals surface area (Å²) in [5, 5.41) is 17.7. The topological polar surface area (TPSA) is 123 Å². The van der Waals surface area contributed by atoms with Crippen molar-refractivity contribution in [2.45, 2.75) is 20.3 Å². The fraction of sp³-hybridized carbons (Fsp3) is 0.152. The summed E-state index contributed by atoms with van der Waals surface area (Å²) in [5.74, 6) is 0.218. The number of hydrogen-bond donors (Lipinski definition) is 1. The first-order chi connectivity index (χ1) is 21.6. The van der Waals surface area contributed by atoms with Gasteiger partial charge in [0.2, 0.25) is 11.7 Å². The molecule has 0 saturated heterocycles. The first-order valence-electron chi connectivity index (χ1n) is 13.4. The Hall–Kier alpha value is -5.11. The van der Waals surface area contributed by atoms with Crippen LogP contribution in [0.4, 0.5) is 4.39 Å². The van der Waals surface area contributed by atoms with Crippen molar-refractivity contribution in [1.29, 1.82) is 5.26 Å². The lowest BCUT2D eigenvalue weighted by atomic mass is 10.1. The summed E-state index contributed by atoms with van der Waals surface area (Å²) in [6, 6.07) is 14.6. The Kier molecular flexibility index (Phi) is 9.23. The Labute approximate surface area is 267 Å². The van der Waals surface area contributed by atoms with Gasteiger partial charge in [-0.2, -0.15) is 5.26 Å². The van der Waals surface area contributed by atoms with Gasteiger partial charge in [-0.1, -0.05) is 41.4 Å². The van der Waals surface area contributed by atoms with E-state index in [2.05, 4.69) is 15.2 Å². The zero-order valence-electron chi connectivity index (χ0n) is 24.5. The van der Waals surface area contributed by atoms with Crippen molar-refractivity contribution in [1.82, 2.24) is 15.2 Å². The Morgan fingerprint density at radius 3 is 2.60 bits per heavy atom. The summed E-state index contributed by atoms with van der Waals surface area (Å²) >= 11 is 12.3. The van der Waals surface area contributed by atoms with E-state index in [-0.39, 0.29) is 56.7 Å². The number of para-hydroxylation sites is 1. The third-order valence-corrected chi connectivity index (χ3v) is 7.54. The summed E-state index contributed by atoms with van der Waals surface area (Å²) in [6.45, 7) is 3.64. The molecule has 0 saturated carbocycles. The van der Waals surface area contributed by atoms with E-state index in [9.17, 15) is 10.1 Å². The fourth-order valence-corrected chi connectivity index (χ4v) is 5.05. The van der Waals surface area contributed by atoms with Gasteiger partial charge in [0.15, 0.2) is 23.1 Å². The molecule has 228 valence electrons. The summed E-state index contributed by atoms with van der Waals surface area (Å²) in [5.41, 5.74) is 3.38. The third kappa shape index (κ3) is 6.55. The van der Waals surface area contributed by atoms with E-state index in [4.69, 9.17) is 41.8 Å². The van der Waals surface area contributed by atoms with Crippen LogP contribution in [0.1, 0.15) is 44.2 Å². The Bertz CT molecular complexity index is 1990. The van der Waals surface area contributed by atoms with Crippen LogP contribution < -0.4 is 14.2 Å².